The molecule has 3 rings (SSSR count). The van der Waals surface area contributed by atoms with Gasteiger partial charge in [-0.25, -0.2) is 9.97 Å². The van der Waals surface area contributed by atoms with Gasteiger partial charge in [0.2, 0.25) is 5.91 Å². The van der Waals surface area contributed by atoms with E-state index in [2.05, 4.69) is 19.7 Å². The summed E-state index contributed by atoms with van der Waals surface area (Å²) in [6, 6.07) is 5.93. The van der Waals surface area contributed by atoms with Crippen molar-refractivity contribution in [1.29, 1.82) is 0 Å². The van der Waals surface area contributed by atoms with Crippen LogP contribution < -0.4 is 5.32 Å². The largest absolute Gasteiger partial charge is 0.356 e. The van der Waals surface area contributed by atoms with E-state index >= 15 is 0 Å². The van der Waals surface area contributed by atoms with Crippen LogP contribution >= 0.6 is 0 Å². The Balaban J connectivity index is 1.46. The number of aromatic nitrogens is 4. The lowest BCUT2D eigenvalue weighted by Gasteiger charge is -2.06. The van der Waals surface area contributed by atoms with E-state index < -0.39 is 0 Å². The number of fused-ring (bicyclic) bond motifs is 1. The normalized spacial score (nSPS) is 11.0. The first-order valence-corrected chi connectivity index (χ1v) is 7.89. The number of rotatable bonds is 7. The van der Waals surface area contributed by atoms with Gasteiger partial charge in [0.15, 0.2) is 0 Å². The zero-order valence-corrected chi connectivity index (χ0v) is 13.3. The molecule has 1 amide bonds. The molecular formula is C17H21N5O. The summed E-state index contributed by atoms with van der Waals surface area (Å²) in [4.78, 5) is 20.5. The van der Waals surface area contributed by atoms with Gasteiger partial charge in [-0.1, -0.05) is 6.07 Å². The summed E-state index contributed by atoms with van der Waals surface area (Å²) in [6.45, 7) is 3.54. The summed E-state index contributed by atoms with van der Waals surface area (Å²) in [7, 11) is 0. The average Bonchev–Trinajstić information content (AvgIpc) is 3.16. The summed E-state index contributed by atoms with van der Waals surface area (Å²) in [5.41, 5.74) is 3.03. The standard InChI is InChI=1S/C17H21N5O/c1-14-15(22-11-3-2-5-16(22)20-14)6-7-17(23)19-8-4-10-21-12-9-18-13-21/h2-3,5,9,11-13H,4,6-8,10H2,1H3,(H,19,23). The minimum absolute atomic E-state index is 0.0842. The molecule has 120 valence electrons. The maximum atomic E-state index is 12.0. The quantitative estimate of drug-likeness (QED) is 0.679. The van der Waals surface area contributed by atoms with Gasteiger partial charge in [0.1, 0.15) is 5.65 Å². The number of nitrogens with zero attached hydrogens (tertiary/aromatic N) is 4. The Morgan fingerprint density at radius 3 is 3.04 bits per heavy atom. The van der Waals surface area contributed by atoms with Crippen LogP contribution in [0.15, 0.2) is 43.1 Å². The molecule has 6 nitrogen and oxygen atoms in total. The molecule has 0 atom stereocenters. The topological polar surface area (TPSA) is 64.2 Å². The van der Waals surface area contributed by atoms with Gasteiger partial charge in [0.25, 0.3) is 0 Å². The lowest BCUT2D eigenvalue weighted by atomic mass is 10.2. The van der Waals surface area contributed by atoms with E-state index in [0.29, 0.717) is 19.4 Å². The van der Waals surface area contributed by atoms with Crippen LogP contribution in [0, 0.1) is 6.92 Å². The average molecular weight is 311 g/mol. The van der Waals surface area contributed by atoms with Crippen LogP contribution in [0.1, 0.15) is 24.2 Å². The van der Waals surface area contributed by atoms with Crippen LogP contribution in [0.2, 0.25) is 0 Å². The third-order valence-electron chi connectivity index (χ3n) is 3.89. The molecule has 0 fully saturated rings. The Morgan fingerprint density at radius 1 is 1.30 bits per heavy atom. The second-order valence-corrected chi connectivity index (χ2v) is 5.58. The maximum Gasteiger partial charge on any atom is 0.220 e. The van der Waals surface area contributed by atoms with E-state index in [9.17, 15) is 4.79 Å². The molecule has 0 saturated heterocycles. The van der Waals surface area contributed by atoms with Crippen molar-refractivity contribution in [2.24, 2.45) is 0 Å². The number of hydrogen-bond donors (Lipinski definition) is 1. The van der Waals surface area contributed by atoms with Crippen molar-refractivity contribution in [2.75, 3.05) is 6.54 Å². The lowest BCUT2D eigenvalue weighted by Crippen LogP contribution is -2.25. The van der Waals surface area contributed by atoms with E-state index in [4.69, 9.17) is 0 Å². The number of imidazole rings is 2. The Morgan fingerprint density at radius 2 is 2.22 bits per heavy atom. The van der Waals surface area contributed by atoms with Gasteiger partial charge in [0, 0.05) is 43.8 Å². The Bertz CT molecular complexity index is 775. The van der Waals surface area contributed by atoms with Crippen molar-refractivity contribution in [3.8, 4) is 0 Å². The molecule has 1 N–H and O–H groups in total. The van der Waals surface area contributed by atoms with Gasteiger partial charge in [-0.05, 0) is 31.9 Å². The highest BCUT2D eigenvalue weighted by Crippen LogP contribution is 2.13. The van der Waals surface area contributed by atoms with E-state index in [1.807, 2.05) is 42.1 Å². The Labute approximate surface area is 135 Å². The van der Waals surface area contributed by atoms with Crippen LogP contribution in [-0.4, -0.2) is 31.4 Å². The third kappa shape index (κ3) is 3.77. The monoisotopic (exact) mass is 311 g/mol. The SMILES string of the molecule is Cc1nc2ccccn2c1CCC(=O)NCCCn1ccnc1. The third-order valence-corrected chi connectivity index (χ3v) is 3.89. The number of carbonyl (C=O) groups excluding carboxylic acids is 1. The first-order valence-electron chi connectivity index (χ1n) is 7.89. The van der Waals surface area contributed by atoms with Crippen LogP contribution in [0.3, 0.4) is 0 Å². The zero-order chi connectivity index (χ0) is 16.1. The second-order valence-electron chi connectivity index (χ2n) is 5.58. The molecule has 3 aromatic rings. The molecule has 3 heterocycles. The minimum Gasteiger partial charge on any atom is -0.356 e. The smallest absolute Gasteiger partial charge is 0.220 e. The molecule has 3 aromatic heterocycles. The van der Waals surface area contributed by atoms with Crippen LogP contribution in [0.4, 0.5) is 0 Å². The van der Waals surface area contributed by atoms with Gasteiger partial charge in [-0.3, -0.25) is 4.79 Å². The summed E-state index contributed by atoms with van der Waals surface area (Å²) in [5, 5.41) is 2.97. The molecule has 23 heavy (non-hydrogen) atoms. The lowest BCUT2D eigenvalue weighted by molar-refractivity contribution is -0.121. The van der Waals surface area contributed by atoms with Crippen LogP contribution in [-0.2, 0) is 17.8 Å². The number of carbonyl (C=O) groups is 1. The summed E-state index contributed by atoms with van der Waals surface area (Å²) in [6.07, 6.45) is 9.55. The molecule has 0 radical (unpaired) electrons. The van der Waals surface area contributed by atoms with Crippen LogP contribution in [0.5, 0.6) is 0 Å². The summed E-state index contributed by atoms with van der Waals surface area (Å²) < 4.78 is 4.07. The molecule has 6 heteroatoms. The van der Waals surface area contributed by atoms with E-state index in [1.54, 1.807) is 12.5 Å². The van der Waals surface area contributed by atoms with Gasteiger partial charge in [-0.2, -0.15) is 0 Å². The van der Waals surface area contributed by atoms with E-state index in [1.165, 1.54) is 0 Å². The van der Waals surface area contributed by atoms with E-state index in [-0.39, 0.29) is 5.91 Å². The second kappa shape index (κ2) is 7.09. The molecule has 0 aliphatic heterocycles. The number of aryl methyl sites for hydroxylation is 3. The fourth-order valence-electron chi connectivity index (χ4n) is 2.69. The highest BCUT2D eigenvalue weighted by atomic mass is 16.1. The maximum absolute atomic E-state index is 12.0. The van der Waals surface area contributed by atoms with Crippen molar-refractivity contribution < 1.29 is 4.79 Å². The number of hydrogen-bond acceptors (Lipinski definition) is 3. The van der Waals surface area contributed by atoms with Crippen molar-refractivity contribution in [3.63, 3.8) is 0 Å². The van der Waals surface area contributed by atoms with E-state index in [0.717, 1.165) is 30.0 Å². The number of pyridine rings is 1. The van der Waals surface area contributed by atoms with Crippen molar-refractivity contribution in [1.82, 2.24) is 24.3 Å². The molecule has 0 aliphatic carbocycles. The minimum atomic E-state index is 0.0842. The predicted molar refractivity (Wildman–Crippen MR) is 88.1 cm³/mol. The summed E-state index contributed by atoms with van der Waals surface area (Å²) in [5.74, 6) is 0.0842. The van der Waals surface area contributed by atoms with Crippen molar-refractivity contribution in [2.45, 2.75) is 32.7 Å². The van der Waals surface area contributed by atoms with Crippen molar-refractivity contribution >= 4 is 11.6 Å². The predicted octanol–water partition coefficient (Wildman–Crippen LogP) is 1.98. The van der Waals surface area contributed by atoms with Gasteiger partial charge >= 0.3 is 0 Å². The van der Waals surface area contributed by atoms with Gasteiger partial charge in [-0.15, -0.1) is 0 Å². The molecular weight excluding hydrogens is 290 g/mol. The highest BCUT2D eigenvalue weighted by Gasteiger charge is 2.10. The van der Waals surface area contributed by atoms with Gasteiger partial charge < -0.3 is 14.3 Å². The summed E-state index contributed by atoms with van der Waals surface area (Å²) >= 11 is 0. The zero-order valence-electron chi connectivity index (χ0n) is 13.3. The molecule has 0 spiro atoms. The number of nitrogens with one attached hydrogen (secondary N) is 1. The van der Waals surface area contributed by atoms with Crippen molar-refractivity contribution in [3.05, 3.63) is 54.5 Å². The first kappa shape index (κ1) is 15.3. The van der Waals surface area contributed by atoms with Crippen LogP contribution in [0.25, 0.3) is 5.65 Å². The molecule has 0 aromatic carbocycles. The molecule has 0 saturated carbocycles. The van der Waals surface area contributed by atoms with Gasteiger partial charge in [0.05, 0.1) is 12.0 Å². The highest BCUT2D eigenvalue weighted by molar-refractivity contribution is 5.76. The Hall–Kier alpha value is -2.63. The fraction of sp³-hybridized carbons (Fsp3) is 0.353. The molecule has 0 unspecified atom stereocenters. The molecule has 0 bridgehead atoms. The fourth-order valence-corrected chi connectivity index (χ4v) is 2.69. The first-order chi connectivity index (χ1) is 11.2. The Kier molecular flexibility index (Phi) is 4.71. The number of amides is 1. The molecule has 0 aliphatic rings.